The summed E-state index contributed by atoms with van der Waals surface area (Å²) in [4.78, 5) is 21.5. The summed E-state index contributed by atoms with van der Waals surface area (Å²) in [5.74, 6) is -0.650. The van der Waals surface area contributed by atoms with Crippen molar-refractivity contribution in [1.29, 1.82) is 0 Å². The molecule has 0 aliphatic rings. The van der Waals surface area contributed by atoms with Crippen molar-refractivity contribution in [3.05, 3.63) is 29.8 Å². The van der Waals surface area contributed by atoms with Crippen molar-refractivity contribution in [2.24, 2.45) is 0 Å². The maximum absolute atomic E-state index is 11.1. The first kappa shape index (κ1) is 11.2. The van der Waals surface area contributed by atoms with Gasteiger partial charge in [0.15, 0.2) is 6.61 Å². The van der Waals surface area contributed by atoms with Crippen LogP contribution in [-0.2, 0) is 14.3 Å². The van der Waals surface area contributed by atoms with E-state index in [1.54, 1.807) is 12.1 Å². The predicted octanol–water partition coefficient (Wildman–Crippen LogP) is 1.46. The third-order valence-electron chi connectivity index (χ3n) is 1.65. The zero-order valence-electron chi connectivity index (χ0n) is 8.65. The van der Waals surface area contributed by atoms with Crippen LogP contribution < -0.4 is 4.74 Å². The quantitative estimate of drug-likeness (QED) is 0.557. The van der Waals surface area contributed by atoms with Crippen molar-refractivity contribution < 1.29 is 19.1 Å². The van der Waals surface area contributed by atoms with E-state index in [0.717, 1.165) is 5.56 Å². The maximum atomic E-state index is 11.1. The number of ether oxygens (including phenoxy) is 2. The number of hydrogen-bond acceptors (Lipinski definition) is 4. The fourth-order valence-corrected chi connectivity index (χ4v) is 0.928. The molecule has 0 spiro atoms. The van der Waals surface area contributed by atoms with Crippen LogP contribution in [0.5, 0.6) is 5.75 Å². The molecule has 1 aromatic rings. The summed E-state index contributed by atoms with van der Waals surface area (Å²) in [5, 5.41) is 0. The maximum Gasteiger partial charge on any atom is 0.349 e. The Bertz CT molecular complexity index is 353. The van der Waals surface area contributed by atoms with Crippen LogP contribution in [0.3, 0.4) is 0 Å². The van der Waals surface area contributed by atoms with E-state index in [2.05, 4.69) is 4.74 Å². The van der Waals surface area contributed by atoms with Gasteiger partial charge in [0.25, 0.3) is 0 Å². The van der Waals surface area contributed by atoms with E-state index in [9.17, 15) is 9.59 Å². The molecule has 4 heteroatoms. The Morgan fingerprint density at radius 2 is 1.80 bits per heavy atom. The average Bonchev–Trinajstić information content (AvgIpc) is 2.19. The highest BCUT2D eigenvalue weighted by Crippen LogP contribution is 2.11. The van der Waals surface area contributed by atoms with E-state index in [0.29, 0.717) is 5.75 Å². The lowest BCUT2D eigenvalue weighted by atomic mass is 10.2. The first-order valence-corrected chi connectivity index (χ1v) is 4.48. The topological polar surface area (TPSA) is 52.6 Å². The van der Waals surface area contributed by atoms with E-state index in [-0.39, 0.29) is 6.61 Å². The summed E-state index contributed by atoms with van der Waals surface area (Å²) in [5.41, 5.74) is 1.08. The van der Waals surface area contributed by atoms with Gasteiger partial charge in [-0.1, -0.05) is 17.7 Å². The van der Waals surface area contributed by atoms with Gasteiger partial charge in [-0.25, -0.2) is 4.79 Å². The van der Waals surface area contributed by atoms with Gasteiger partial charge in [-0.3, -0.25) is 4.79 Å². The second-order valence-electron chi connectivity index (χ2n) is 3.07. The van der Waals surface area contributed by atoms with Crippen molar-refractivity contribution >= 4 is 11.9 Å². The highest BCUT2D eigenvalue weighted by atomic mass is 16.6. The molecule has 0 radical (unpaired) electrons. The minimum absolute atomic E-state index is 0.358. The molecule has 4 nitrogen and oxygen atoms in total. The van der Waals surface area contributed by atoms with Crippen LogP contribution in [0.25, 0.3) is 0 Å². The molecule has 0 heterocycles. The molecule has 0 aliphatic carbocycles. The lowest BCUT2D eigenvalue weighted by Crippen LogP contribution is -2.17. The molecule has 0 N–H and O–H groups in total. The van der Waals surface area contributed by atoms with Gasteiger partial charge >= 0.3 is 11.9 Å². The smallest absolute Gasteiger partial charge is 0.349 e. The SMILES string of the molecule is CC(=O)OCC(=O)Oc1ccc(C)cc1. The van der Waals surface area contributed by atoms with E-state index in [1.807, 2.05) is 19.1 Å². The predicted molar refractivity (Wildman–Crippen MR) is 53.4 cm³/mol. The third kappa shape index (κ3) is 4.26. The molecule has 1 aromatic carbocycles. The van der Waals surface area contributed by atoms with Crippen molar-refractivity contribution in [3.63, 3.8) is 0 Å². The van der Waals surface area contributed by atoms with Gasteiger partial charge < -0.3 is 9.47 Å². The monoisotopic (exact) mass is 208 g/mol. The van der Waals surface area contributed by atoms with Crippen molar-refractivity contribution in [3.8, 4) is 5.75 Å². The van der Waals surface area contributed by atoms with Gasteiger partial charge in [-0.05, 0) is 19.1 Å². The highest BCUT2D eigenvalue weighted by Gasteiger charge is 2.06. The average molecular weight is 208 g/mol. The van der Waals surface area contributed by atoms with Crippen LogP contribution in [0.4, 0.5) is 0 Å². The highest BCUT2D eigenvalue weighted by molar-refractivity contribution is 5.77. The Balaban J connectivity index is 2.44. The fraction of sp³-hybridized carbons (Fsp3) is 0.273. The fourth-order valence-electron chi connectivity index (χ4n) is 0.928. The molecule has 0 unspecified atom stereocenters. The Morgan fingerprint density at radius 1 is 1.20 bits per heavy atom. The molecule has 80 valence electrons. The summed E-state index contributed by atoms with van der Waals surface area (Å²) in [6.07, 6.45) is 0. The minimum atomic E-state index is -0.589. The second kappa shape index (κ2) is 5.14. The van der Waals surface area contributed by atoms with E-state index in [4.69, 9.17) is 4.74 Å². The van der Waals surface area contributed by atoms with Gasteiger partial charge in [0.2, 0.25) is 0 Å². The first-order valence-electron chi connectivity index (χ1n) is 4.48. The lowest BCUT2D eigenvalue weighted by molar-refractivity contribution is -0.152. The van der Waals surface area contributed by atoms with E-state index in [1.165, 1.54) is 6.92 Å². The number of carbonyl (C=O) groups excluding carboxylic acids is 2. The number of aryl methyl sites for hydroxylation is 1. The summed E-state index contributed by atoms with van der Waals surface area (Å²) in [6.45, 7) is 2.81. The largest absolute Gasteiger partial charge is 0.454 e. The molecule has 0 saturated carbocycles. The molecule has 0 amide bonds. The van der Waals surface area contributed by atoms with Crippen molar-refractivity contribution in [2.45, 2.75) is 13.8 Å². The molecular formula is C11H12O4. The summed E-state index contributed by atoms with van der Waals surface area (Å²) in [7, 11) is 0. The van der Waals surface area contributed by atoms with Crippen molar-refractivity contribution in [2.75, 3.05) is 6.61 Å². The summed E-state index contributed by atoms with van der Waals surface area (Å²) in [6, 6.07) is 7.02. The Kier molecular flexibility index (Phi) is 3.85. The molecule has 0 aromatic heterocycles. The first-order chi connectivity index (χ1) is 7.08. The van der Waals surface area contributed by atoms with Gasteiger partial charge in [0.05, 0.1) is 0 Å². The number of carbonyl (C=O) groups is 2. The third-order valence-corrected chi connectivity index (χ3v) is 1.65. The van der Waals surface area contributed by atoms with E-state index < -0.39 is 11.9 Å². The number of hydrogen-bond donors (Lipinski definition) is 0. The number of benzene rings is 1. The molecular weight excluding hydrogens is 196 g/mol. The minimum Gasteiger partial charge on any atom is -0.454 e. The van der Waals surface area contributed by atoms with Crippen LogP contribution in [0, 0.1) is 6.92 Å². The lowest BCUT2D eigenvalue weighted by Gasteiger charge is -2.04. The van der Waals surface area contributed by atoms with Crippen LogP contribution in [0.2, 0.25) is 0 Å². The van der Waals surface area contributed by atoms with Gasteiger partial charge in [0.1, 0.15) is 5.75 Å². The van der Waals surface area contributed by atoms with Crippen LogP contribution in [-0.4, -0.2) is 18.5 Å². The molecule has 0 saturated heterocycles. The summed E-state index contributed by atoms with van der Waals surface area (Å²) >= 11 is 0. The Labute approximate surface area is 87.8 Å². The van der Waals surface area contributed by atoms with E-state index >= 15 is 0 Å². The molecule has 1 rings (SSSR count). The van der Waals surface area contributed by atoms with Gasteiger partial charge in [-0.2, -0.15) is 0 Å². The number of rotatable bonds is 3. The molecule has 0 atom stereocenters. The Morgan fingerprint density at radius 3 is 2.33 bits per heavy atom. The summed E-state index contributed by atoms with van der Waals surface area (Å²) < 4.78 is 9.39. The van der Waals surface area contributed by atoms with Crippen LogP contribution in [0.1, 0.15) is 12.5 Å². The molecule has 0 aliphatic heterocycles. The Hall–Kier alpha value is -1.84. The van der Waals surface area contributed by atoms with Gasteiger partial charge in [0, 0.05) is 6.92 Å². The van der Waals surface area contributed by atoms with Crippen LogP contribution >= 0.6 is 0 Å². The normalized spacial score (nSPS) is 9.47. The van der Waals surface area contributed by atoms with Gasteiger partial charge in [-0.15, -0.1) is 0 Å². The molecule has 15 heavy (non-hydrogen) atoms. The van der Waals surface area contributed by atoms with Crippen LogP contribution in [0.15, 0.2) is 24.3 Å². The zero-order chi connectivity index (χ0) is 11.3. The second-order valence-corrected chi connectivity index (χ2v) is 3.07. The number of esters is 2. The molecule has 0 fully saturated rings. The standard InChI is InChI=1S/C11H12O4/c1-8-3-5-10(6-4-8)15-11(13)7-14-9(2)12/h3-6H,7H2,1-2H3. The molecule has 0 bridgehead atoms. The zero-order valence-corrected chi connectivity index (χ0v) is 8.65. The van der Waals surface area contributed by atoms with Crippen molar-refractivity contribution in [1.82, 2.24) is 0 Å².